The van der Waals surface area contributed by atoms with E-state index in [9.17, 15) is 9.59 Å². The van der Waals surface area contributed by atoms with Gasteiger partial charge in [-0.25, -0.2) is 0 Å². The van der Waals surface area contributed by atoms with E-state index in [1.54, 1.807) is 0 Å². The Morgan fingerprint density at radius 3 is 2.63 bits per heavy atom. The fraction of sp³-hybridized carbons (Fsp3) is 0.737. The highest BCUT2D eigenvalue weighted by Gasteiger charge is 2.56. The number of carbonyl (C=O) groups excluding carboxylic acids is 2. The van der Waals surface area contributed by atoms with Crippen molar-refractivity contribution in [1.82, 2.24) is 0 Å². The van der Waals surface area contributed by atoms with Gasteiger partial charge in [-0.2, -0.15) is 0 Å². The maximum Gasteiger partial charge on any atom is 0.306 e. The molecule has 1 saturated heterocycles. The molecule has 5 heteroatoms. The standard InChI is InChI=1S/C38H56O5/c1-5-31-33-24-30(43-35-16-9-10-23-41-35)21-22-38(33,4)32-15-11-14-29(19-17-27(3)36(32)37(31)40)26(2)18-20-34(39)42-25-28-12-7-6-8-13-28/h5-8,12-13,26-27,29-30,32-33,35-36H,9-11,14-25H2,1-4H3/b31-5+/t26-,27?,29?,30-,32?,33+,35?,36?,38-/m1/s1. The van der Waals surface area contributed by atoms with E-state index in [1.165, 1.54) is 12.8 Å². The van der Waals surface area contributed by atoms with E-state index < -0.39 is 0 Å². The summed E-state index contributed by atoms with van der Waals surface area (Å²) in [5.41, 5.74) is 2.24. The van der Waals surface area contributed by atoms with Crippen molar-refractivity contribution in [3.63, 3.8) is 0 Å². The predicted molar refractivity (Wildman–Crippen MR) is 170 cm³/mol. The average Bonchev–Trinajstić information content (AvgIpc) is 3.10. The smallest absolute Gasteiger partial charge is 0.306 e. The van der Waals surface area contributed by atoms with Crippen LogP contribution in [0.4, 0.5) is 0 Å². The summed E-state index contributed by atoms with van der Waals surface area (Å²) in [4.78, 5) is 26.8. The molecule has 43 heavy (non-hydrogen) atoms. The van der Waals surface area contributed by atoms with Gasteiger partial charge in [0.05, 0.1) is 6.10 Å². The molecule has 0 radical (unpaired) electrons. The molecule has 0 aromatic heterocycles. The van der Waals surface area contributed by atoms with Gasteiger partial charge in [0.1, 0.15) is 6.61 Å². The quantitative estimate of drug-likeness (QED) is 0.171. The number of allylic oxidation sites excluding steroid dienone is 2. The SMILES string of the molecule is C/C=C1/C(=O)C2C(C)CCC([C@H](C)CCC(=O)OCc3ccccc3)CCCC2[C@@]2(C)CC[C@@H](OC3CCCCO3)C[C@@H]12. The van der Waals surface area contributed by atoms with Gasteiger partial charge in [-0.3, -0.25) is 9.59 Å². The van der Waals surface area contributed by atoms with Gasteiger partial charge in [-0.15, -0.1) is 0 Å². The van der Waals surface area contributed by atoms with E-state index in [0.29, 0.717) is 42.5 Å². The van der Waals surface area contributed by atoms with Crippen LogP contribution in [0.25, 0.3) is 0 Å². The first-order valence-electron chi connectivity index (χ1n) is 17.5. The van der Waals surface area contributed by atoms with Crippen LogP contribution < -0.4 is 0 Å². The molecule has 0 amide bonds. The topological polar surface area (TPSA) is 61.8 Å². The van der Waals surface area contributed by atoms with Crippen molar-refractivity contribution < 1.29 is 23.8 Å². The lowest BCUT2D eigenvalue weighted by Gasteiger charge is -2.56. The summed E-state index contributed by atoms with van der Waals surface area (Å²) in [6, 6.07) is 9.90. The highest BCUT2D eigenvalue weighted by atomic mass is 16.7. The maximum absolute atomic E-state index is 14.2. The van der Waals surface area contributed by atoms with E-state index >= 15 is 0 Å². The Morgan fingerprint density at radius 2 is 1.88 bits per heavy atom. The number of benzene rings is 1. The molecule has 9 atom stereocenters. The first-order valence-corrected chi connectivity index (χ1v) is 17.5. The molecule has 3 saturated carbocycles. The van der Waals surface area contributed by atoms with Crippen molar-refractivity contribution in [2.75, 3.05) is 6.61 Å². The summed E-state index contributed by atoms with van der Waals surface area (Å²) >= 11 is 0. The maximum atomic E-state index is 14.2. The van der Waals surface area contributed by atoms with Crippen molar-refractivity contribution in [2.45, 2.75) is 130 Å². The third-order valence-electron chi connectivity index (χ3n) is 11.9. The highest BCUT2D eigenvalue weighted by Crippen LogP contribution is 2.60. The van der Waals surface area contributed by atoms with Crippen LogP contribution in [0.15, 0.2) is 42.0 Å². The lowest BCUT2D eigenvalue weighted by molar-refractivity contribution is -0.205. The Kier molecular flexibility index (Phi) is 11.2. The Hall–Kier alpha value is -1.98. The molecule has 5 rings (SSSR count). The molecule has 0 spiro atoms. The molecule has 238 valence electrons. The monoisotopic (exact) mass is 592 g/mol. The second kappa shape index (κ2) is 14.9. The zero-order valence-electron chi connectivity index (χ0n) is 27.2. The van der Waals surface area contributed by atoms with Crippen molar-refractivity contribution in [3.05, 3.63) is 47.5 Å². The molecule has 1 aromatic rings. The highest BCUT2D eigenvalue weighted by molar-refractivity contribution is 5.99. The van der Waals surface area contributed by atoms with E-state index in [0.717, 1.165) is 82.0 Å². The lowest BCUT2D eigenvalue weighted by Crippen LogP contribution is -2.54. The van der Waals surface area contributed by atoms with Gasteiger partial charge in [-0.1, -0.05) is 70.0 Å². The molecule has 1 heterocycles. The summed E-state index contributed by atoms with van der Waals surface area (Å²) < 4.78 is 18.0. The summed E-state index contributed by atoms with van der Waals surface area (Å²) in [5, 5.41) is 0. The molecular formula is C38H56O5. The second-order valence-electron chi connectivity index (χ2n) is 14.5. The summed E-state index contributed by atoms with van der Waals surface area (Å²) in [5.74, 6) is 2.57. The largest absolute Gasteiger partial charge is 0.461 e. The van der Waals surface area contributed by atoms with Crippen LogP contribution >= 0.6 is 0 Å². The van der Waals surface area contributed by atoms with Gasteiger partial charge in [0.2, 0.25) is 0 Å². The van der Waals surface area contributed by atoms with E-state index in [-0.39, 0.29) is 35.6 Å². The number of fused-ring (bicyclic) bond motifs is 3. The molecule has 3 aliphatic carbocycles. The van der Waals surface area contributed by atoms with E-state index in [4.69, 9.17) is 14.2 Å². The van der Waals surface area contributed by atoms with Crippen molar-refractivity contribution >= 4 is 11.8 Å². The number of ether oxygens (including phenoxy) is 3. The Labute approximate surface area is 260 Å². The molecule has 1 aromatic carbocycles. The van der Waals surface area contributed by atoms with Crippen LogP contribution in [-0.2, 0) is 30.4 Å². The van der Waals surface area contributed by atoms with Crippen molar-refractivity contribution in [3.8, 4) is 0 Å². The van der Waals surface area contributed by atoms with Gasteiger partial charge in [0, 0.05) is 18.9 Å². The molecule has 4 fully saturated rings. The van der Waals surface area contributed by atoms with Crippen LogP contribution in [0.3, 0.4) is 0 Å². The normalized spacial score (nSPS) is 36.9. The average molecular weight is 593 g/mol. The molecule has 0 bridgehead atoms. The third kappa shape index (κ3) is 7.64. The zero-order chi connectivity index (χ0) is 30.4. The summed E-state index contributed by atoms with van der Waals surface area (Å²) in [7, 11) is 0. The molecule has 5 unspecified atom stereocenters. The summed E-state index contributed by atoms with van der Waals surface area (Å²) in [6.07, 6.45) is 15.7. The number of hydrogen-bond acceptors (Lipinski definition) is 5. The Morgan fingerprint density at radius 1 is 1.07 bits per heavy atom. The molecule has 0 N–H and O–H groups in total. The molecule has 1 aliphatic heterocycles. The van der Waals surface area contributed by atoms with Crippen LogP contribution in [0.5, 0.6) is 0 Å². The number of rotatable bonds is 8. The fourth-order valence-electron chi connectivity index (χ4n) is 9.21. The third-order valence-corrected chi connectivity index (χ3v) is 11.9. The zero-order valence-corrected chi connectivity index (χ0v) is 27.2. The number of ketones is 1. The predicted octanol–water partition coefficient (Wildman–Crippen LogP) is 8.84. The van der Waals surface area contributed by atoms with Gasteiger partial charge in [-0.05, 0) is 117 Å². The van der Waals surface area contributed by atoms with Gasteiger partial charge >= 0.3 is 5.97 Å². The van der Waals surface area contributed by atoms with Crippen molar-refractivity contribution in [2.24, 2.45) is 40.9 Å². The molecular weight excluding hydrogens is 536 g/mol. The minimum absolute atomic E-state index is 0.0706. The van der Waals surface area contributed by atoms with Crippen LogP contribution in [-0.4, -0.2) is 30.8 Å². The second-order valence-corrected chi connectivity index (χ2v) is 14.5. The van der Waals surface area contributed by atoms with E-state index in [2.05, 4.69) is 33.8 Å². The lowest BCUT2D eigenvalue weighted by atomic mass is 9.48. The summed E-state index contributed by atoms with van der Waals surface area (Å²) in [6.45, 7) is 10.4. The first-order chi connectivity index (χ1) is 20.8. The number of carbonyl (C=O) groups is 2. The number of esters is 1. The minimum Gasteiger partial charge on any atom is -0.461 e. The minimum atomic E-state index is -0.101. The van der Waals surface area contributed by atoms with Crippen LogP contribution in [0.1, 0.15) is 117 Å². The van der Waals surface area contributed by atoms with Crippen LogP contribution in [0.2, 0.25) is 0 Å². The van der Waals surface area contributed by atoms with Crippen molar-refractivity contribution in [1.29, 1.82) is 0 Å². The Balaban J connectivity index is 1.20. The fourth-order valence-corrected chi connectivity index (χ4v) is 9.21. The molecule has 4 aliphatic rings. The first kappa shape index (κ1) is 32.4. The number of hydrogen-bond donors (Lipinski definition) is 0. The van der Waals surface area contributed by atoms with Gasteiger partial charge < -0.3 is 14.2 Å². The van der Waals surface area contributed by atoms with E-state index in [1.807, 2.05) is 30.3 Å². The van der Waals surface area contributed by atoms with Gasteiger partial charge in [0.25, 0.3) is 0 Å². The molecule has 5 nitrogen and oxygen atoms in total. The Bertz CT molecular complexity index is 1090. The number of Topliss-reactive ketones (excluding diaryl/α,β-unsaturated/α-hetero) is 1. The van der Waals surface area contributed by atoms with Crippen LogP contribution in [0, 0.1) is 40.9 Å². The van der Waals surface area contributed by atoms with Gasteiger partial charge in [0.15, 0.2) is 12.1 Å².